The minimum absolute atomic E-state index is 0.0327. The van der Waals surface area contributed by atoms with Gasteiger partial charge in [0.05, 0.1) is 18.7 Å². The summed E-state index contributed by atoms with van der Waals surface area (Å²) in [7, 11) is 1.66. The molecule has 0 saturated carbocycles. The van der Waals surface area contributed by atoms with Crippen LogP contribution >= 0.6 is 0 Å². The van der Waals surface area contributed by atoms with Gasteiger partial charge in [-0.25, -0.2) is 5.43 Å². The summed E-state index contributed by atoms with van der Waals surface area (Å²) in [5.41, 5.74) is 9.25. The number of hydrogen-bond donors (Lipinski definition) is 4. The van der Waals surface area contributed by atoms with Crippen molar-refractivity contribution >= 4 is 11.6 Å². The summed E-state index contributed by atoms with van der Waals surface area (Å²) in [5, 5.41) is 6.54. The summed E-state index contributed by atoms with van der Waals surface area (Å²) >= 11 is 0. The molecule has 0 spiro atoms. The molecule has 124 valence electrons. The molecule has 4 rings (SSSR count). The van der Waals surface area contributed by atoms with Gasteiger partial charge in [0.15, 0.2) is 0 Å². The first-order chi connectivity index (χ1) is 11.8. The highest BCUT2D eigenvalue weighted by Crippen LogP contribution is 2.31. The predicted molar refractivity (Wildman–Crippen MR) is 91.7 cm³/mol. The third kappa shape index (κ3) is 2.60. The largest absolute Gasteiger partial charge is 0.497 e. The van der Waals surface area contributed by atoms with Crippen LogP contribution in [0.5, 0.6) is 5.75 Å². The first kappa shape index (κ1) is 15.0. The van der Waals surface area contributed by atoms with E-state index in [0.717, 1.165) is 23.5 Å². The minimum Gasteiger partial charge on any atom is -0.497 e. The van der Waals surface area contributed by atoms with Crippen LogP contribution in [0.15, 0.2) is 48.5 Å². The maximum atomic E-state index is 12.4. The van der Waals surface area contributed by atoms with Gasteiger partial charge in [-0.05, 0) is 29.8 Å². The molecule has 0 bridgehead atoms. The van der Waals surface area contributed by atoms with Crippen molar-refractivity contribution in [3.63, 3.8) is 0 Å². The van der Waals surface area contributed by atoms with Gasteiger partial charge in [-0.2, -0.15) is 0 Å². The van der Waals surface area contributed by atoms with Crippen LogP contribution in [-0.4, -0.2) is 25.7 Å². The Balaban J connectivity index is 1.58. The molecule has 2 aliphatic heterocycles. The van der Waals surface area contributed by atoms with Crippen LogP contribution < -0.4 is 26.2 Å². The fourth-order valence-corrected chi connectivity index (χ4v) is 3.41. The van der Waals surface area contributed by atoms with Crippen molar-refractivity contribution < 1.29 is 9.53 Å². The Labute approximate surface area is 140 Å². The molecule has 3 unspecified atom stereocenters. The Hall–Kier alpha value is -2.57. The maximum absolute atomic E-state index is 12.4. The van der Waals surface area contributed by atoms with Crippen LogP contribution in [-0.2, 0) is 0 Å². The molecule has 1 amide bonds. The van der Waals surface area contributed by atoms with Crippen LogP contribution in [0.3, 0.4) is 0 Å². The van der Waals surface area contributed by atoms with E-state index in [-0.39, 0.29) is 24.0 Å². The number of carbonyl (C=O) groups excluding carboxylic acids is 1. The Kier molecular flexibility index (Phi) is 3.84. The molecular weight excluding hydrogens is 304 g/mol. The Morgan fingerprint density at radius 3 is 2.62 bits per heavy atom. The minimum atomic E-state index is -0.137. The first-order valence-electron chi connectivity index (χ1n) is 8.05. The number of nitrogens with one attached hydrogen (secondary N) is 4. The van der Waals surface area contributed by atoms with E-state index < -0.39 is 0 Å². The second-order valence-corrected chi connectivity index (χ2v) is 6.08. The van der Waals surface area contributed by atoms with Crippen LogP contribution in [0.4, 0.5) is 5.69 Å². The van der Waals surface area contributed by atoms with Gasteiger partial charge in [0.1, 0.15) is 11.9 Å². The molecule has 6 heteroatoms. The zero-order valence-electron chi connectivity index (χ0n) is 13.4. The van der Waals surface area contributed by atoms with Crippen molar-refractivity contribution in [2.45, 2.75) is 12.2 Å². The molecule has 0 radical (unpaired) electrons. The lowest BCUT2D eigenvalue weighted by molar-refractivity contribution is 0.0921. The molecule has 0 aromatic heterocycles. The lowest BCUT2D eigenvalue weighted by atomic mass is 9.90. The Bertz CT molecular complexity index is 747. The monoisotopic (exact) mass is 324 g/mol. The van der Waals surface area contributed by atoms with E-state index in [4.69, 9.17) is 4.74 Å². The van der Waals surface area contributed by atoms with E-state index >= 15 is 0 Å². The lowest BCUT2D eigenvalue weighted by Crippen LogP contribution is -2.51. The highest BCUT2D eigenvalue weighted by Gasteiger charge is 2.38. The molecule has 3 atom stereocenters. The van der Waals surface area contributed by atoms with Crippen molar-refractivity contribution in [1.82, 2.24) is 16.2 Å². The third-order valence-corrected chi connectivity index (χ3v) is 4.70. The molecule has 1 fully saturated rings. The van der Waals surface area contributed by atoms with E-state index in [1.165, 1.54) is 0 Å². The number of rotatable bonds is 3. The van der Waals surface area contributed by atoms with E-state index in [2.05, 4.69) is 33.6 Å². The zero-order valence-corrected chi connectivity index (χ0v) is 13.4. The Morgan fingerprint density at radius 2 is 1.83 bits per heavy atom. The van der Waals surface area contributed by atoms with Crippen molar-refractivity contribution in [1.29, 1.82) is 0 Å². The second kappa shape index (κ2) is 6.14. The number of methoxy groups -OCH3 is 1. The number of carbonyl (C=O) groups is 1. The van der Waals surface area contributed by atoms with E-state index in [1.54, 1.807) is 7.11 Å². The van der Waals surface area contributed by atoms with Crippen LogP contribution in [0, 0.1) is 5.92 Å². The second-order valence-electron chi connectivity index (χ2n) is 6.08. The van der Waals surface area contributed by atoms with Gasteiger partial charge in [-0.1, -0.05) is 24.3 Å². The van der Waals surface area contributed by atoms with Gasteiger partial charge in [-0.15, -0.1) is 0 Å². The third-order valence-electron chi connectivity index (χ3n) is 4.70. The predicted octanol–water partition coefficient (Wildman–Crippen LogP) is 1.64. The standard InChI is InChI=1S/C18H20N4O2/c1-24-12-8-6-11(7-9-12)16-14(10-19-22-16)17-20-15-5-3-2-4-13(15)18(23)21-17/h2-9,14,16-17,19-20,22H,10H2,1H3,(H,21,23). The lowest BCUT2D eigenvalue weighted by Gasteiger charge is -2.34. The number of amides is 1. The van der Waals surface area contributed by atoms with Gasteiger partial charge in [0.25, 0.3) is 5.91 Å². The highest BCUT2D eigenvalue weighted by molar-refractivity contribution is 6.01. The summed E-state index contributed by atoms with van der Waals surface area (Å²) in [5.74, 6) is 0.977. The number of fused-ring (bicyclic) bond motifs is 1. The van der Waals surface area contributed by atoms with Crippen molar-refractivity contribution in [3.05, 3.63) is 59.7 Å². The van der Waals surface area contributed by atoms with E-state index in [1.807, 2.05) is 36.4 Å². The summed E-state index contributed by atoms with van der Waals surface area (Å²) in [6.07, 6.45) is -0.137. The summed E-state index contributed by atoms with van der Waals surface area (Å²) in [6, 6.07) is 15.7. The molecule has 1 saturated heterocycles. The topological polar surface area (TPSA) is 74.4 Å². The normalized spacial score (nSPS) is 25.5. The fraction of sp³-hybridized carbons (Fsp3) is 0.278. The Morgan fingerprint density at radius 1 is 1.04 bits per heavy atom. The molecule has 6 nitrogen and oxygen atoms in total. The number of ether oxygens (including phenoxy) is 1. The number of hydrazine groups is 1. The number of anilines is 1. The molecule has 2 heterocycles. The molecular formula is C18H20N4O2. The summed E-state index contributed by atoms with van der Waals surface area (Å²) in [4.78, 5) is 12.4. The van der Waals surface area contributed by atoms with Crippen LogP contribution in [0.1, 0.15) is 22.0 Å². The quantitative estimate of drug-likeness (QED) is 0.691. The SMILES string of the molecule is COc1ccc(C2NNCC2C2NC(=O)c3ccccc3N2)cc1. The molecule has 24 heavy (non-hydrogen) atoms. The van der Waals surface area contributed by atoms with Gasteiger partial charge in [0.2, 0.25) is 0 Å². The highest BCUT2D eigenvalue weighted by atomic mass is 16.5. The van der Waals surface area contributed by atoms with Gasteiger partial charge in [-0.3, -0.25) is 10.2 Å². The number of benzene rings is 2. The summed E-state index contributed by atoms with van der Waals surface area (Å²) < 4.78 is 5.22. The maximum Gasteiger partial charge on any atom is 0.254 e. The zero-order chi connectivity index (χ0) is 16.5. The van der Waals surface area contributed by atoms with Crippen LogP contribution in [0.25, 0.3) is 0 Å². The molecule has 4 N–H and O–H groups in total. The van der Waals surface area contributed by atoms with E-state index in [0.29, 0.717) is 5.56 Å². The van der Waals surface area contributed by atoms with Gasteiger partial charge < -0.3 is 15.4 Å². The first-order valence-corrected chi connectivity index (χ1v) is 8.05. The summed E-state index contributed by atoms with van der Waals surface area (Å²) in [6.45, 7) is 0.761. The number of hydrogen-bond acceptors (Lipinski definition) is 5. The van der Waals surface area contributed by atoms with Gasteiger partial charge in [0, 0.05) is 18.2 Å². The van der Waals surface area contributed by atoms with E-state index in [9.17, 15) is 4.79 Å². The fourth-order valence-electron chi connectivity index (χ4n) is 3.41. The molecule has 0 aliphatic carbocycles. The van der Waals surface area contributed by atoms with Crippen LogP contribution in [0.2, 0.25) is 0 Å². The molecule has 2 aliphatic rings. The van der Waals surface area contributed by atoms with Gasteiger partial charge >= 0.3 is 0 Å². The molecule has 2 aromatic carbocycles. The average molecular weight is 324 g/mol. The van der Waals surface area contributed by atoms with Crippen molar-refractivity contribution in [2.24, 2.45) is 5.92 Å². The van der Waals surface area contributed by atoms with Crippen molar-refractivity contribution in [3.8, 4) is 5.75 Å². The molecule has 2 aromatic rings. The number of para-hydroxylation sites is 1. The smallest absolute Gasteiger partial charge is 0.254 e. The van der Waals surface area contributed by atoms with Crippen molar-refractivity contribution in [2.75, 3.05) is 19.0 Å². The average Bonchev–Trinajstić information content (AvgIpc) is 3.11.